The van der Waals surface area contributed by atoms with E-state index in [4.69, 9.17) is 9.66 Å². The third-order valence-corrected chi connectivity index (χ3v) is 2.81. The summed E-state index contributed by atoms with van der Waals surface area (Å²) in [5.41, 5.74) is 0. The molecule has 0 amide bonds. The van der Waals surface area contributed by atoms with E-state index < -0.39 is 20.4 Å². The van der Waals surface area contributed by atoms with Crippen LogP contribution < -0.4 is 0 Å². The van der Waals surface area contributed by atoms with Crippen molar-refractivity contribution in [1.29, 1.82) is 0 Å². The van der Waals surface area contributed by atoms with Gasteiger partial charge < -0.3 is 5.11 Å². The first-order valence-corrected chi connectivity index (χ1v) is 4.08. The highest BCUT2D eigenvalue weighted by atomic mass is 35.5. The number of rotatable bonds is 2. The molecule has 0 saturated carbocycles. The molecule has 0 aliphatic carbocycles. The highest BCUT2D eigenvalue weighted by molar-refractivity contribution is 7.88. The molecule has 8 heteroatoms. The topological polar surface area (TPSA) is 74.6 Å². The summed E-state index contributed by atoms with van der Waals surface area (Å²) >= 11 is 4.36. The smallest absolute Gasteiger partial charge is 0.358 e. The molecule has 0 bridgehead atoms. The second-order valence-electron chi connectivity index (χ2n) is 1.95. The molecule has 0 aliphatic heterocycles. The van der Waals surface area contributed by atoms with Crippen LogP contribution in [0.4, 0.5) is 8.78 Å². The Morgan fingerprint density at radius 3 is 1.73 bits per heavy atom. The van der Waals surface area contributed by atoms with Crippen LogP contribution in [-0.4, -0.2) is 28.4 Å². The molecular formula is C3H5ClF2O4S. The van der Waals surface area contributed by atoms with Crippen LogP contribution in [0.2, 0.25) is 0 Å². The van der Waals surface area contributed by atoms with E-state index in [2.05, 4.69) is 11.6 Å². The van der Waals surface area contributed by atoms with Crippen LogP contribution in [0.25, 0.3) is 0 Å². The Morgan fingerprint density at radius 1 is 1.45 bits per heavy atom. The fraction of sp³-hybridized carbons (Fsp3) is 1.00. The second-order valence-corrected chi connectivity index (χ2v) is 4.20. The zero-order chi connectivity index (χ0) is 9.50. The molecule has 0 fully saturated rings. The van der Waals surface area contributed by atoms with E-state index >= 15 is 0 Å². The molecule has 0 radical (unpaired) electrons. The maximum atomic E-state index is 12.4. The van der Waals surface area contributed by atoms with Gasteiger partial charge in [-0.15, -0.1) is 0 Å². The molecule has 68 valence electrons. The first-order valence-electron chi connectivity index (χ1n) is 2.26. The average Bonchev–Trinajstić information content (AvgIpc) is 1.58. The van der Waals surface area contributed by atoms with E-state index in [-0.39, 0.29) is 6.92 Å². The first kappa shape index (κ1) is 11.0. The molecule has 0 aromatic carbocycles. The number of halogens is 3. The molecule has 0 aromatic rings. The van der Waals surface area contributed by atoms with Gasteiger partial charge in [0.15, 0.2) is 0 Å². The number of alkyl halides is 3. The van der Waals surface area contributed by atoms with Crippen molar-refractivity contribution in [3.63, 3.8) is 0 Å². The van der Waals surface area contributed by atoms with Crippen molar-refractivity contribution in [2.24, 2.45) is 0 Å². The lowest BCUT2D eigenvalue weighted by Crippen LogP contribution is -2.46. The predicted octanol–water partition coefficient (Wildman–Crippen LogP) is 0.414. The van der Waals surface area contributed by atoms with E-state index in [9.17, 15) is 17.2 Å². The van der Waals surface area contributed by atoms with Crippen molar-refractivity contribution < 1.29 is 26.9 Å². The van der Waals surface area contributed by atoms with Crippen molar-refractivity contribution in [1.82, 2.24) is 0 Å². The van der Waals surface area contributed by atoms with Crippen molar-refractivity contribution in [2.75, 3.05) is 0 Å². The normalized spacial score (nSPS) is 23.8. The van der Waals surface area contributed by atoms with Crippen LogP contribution >= 0.6 is 11.6 Å². The number of aliphatic hydroxyl groups is 1. The molecule has 0 aromatic heterocycles. The van der Waals surface area contributed by atoms with Gasteiger partial charge in [0.25, 0.3) is 5.85 Å². The Balaban J connectivity index is 5.08. The molecule has 4 nitrogen and oxygen atoms in total. The fourth-order valence-corrected chi connectivity index (χ4v) is 0.706. The van der Waals surface area contributed by atoms with Gasteiger partial charge in [-0.1, -0.05) is 11.6 Å². The Bertz CT molecular complexity index is 241. The maximum Gasteiger partial charge on any atom is 0.365 e. The summed E-state index contributed by atoms with van der Waals surface area (Å²) < 4.78 is 48.2. The standard InChI is InChI=1S/C3H5ClF2O4S/c1-2(5,7)3(4,6)11(8,9)10/h7H,1H3,(H,8,9,10). The fourth-order valence-electron chi connectivity index (χ4n) is 0.235. The predicted molar refractivity (Wildman–Crippen MR) is 33.0 cm³/mol. The second kappa shape index (κ2) is 2.51. The van der Waals surface area contributed by atoms with E-state index in [1.165, 1.54) is 0 Å². The van der Waals surface area contributed by atoms with Gasteiger partial charge in [-0.05, 0) is 0 Å². The molecule has 0 spiro atoms. The van der Waals surface area contributed by atoms with Crippen LogP contribution in [0.3, 0.4) is 0 Å². The zero-order valence-electron chi connectivity index (χ0n) is 5.25. The van der Waals surface area contributed by atoms with Gasteiger partial charge in [-0.25, -0.2) is 4.39 Å². The summed E-state index contributed by atoms with van der Waals surface area (Å²) in [6.45, 7) is 0.160. The average molecular weight is 211 g/mol. The summed E-state index contributed by atoms with van der Waals surface area (Å²) in [5.74, 6) is -3.86. The molecule has 0 rings (SSSR count). The minimum atomic E-state index is -5.49. The molecule has 2 N–H and O–H groups in total. The molecule has 2 unspecified atom stereocenters. The van der Waals surface area contributed by atoms with Crippen molar-refractivity contribution >= 4 is 21.7 Å². The largest absolute Gasteiger partial charge is 0.365 e. The summed E-state index contributed by atoms with van der Waals surface area (Å²) in [6, 6.07) is 0. The van der Waals surface area contributed by atoms with Gasteiger partial charge in [0.05, 0.1) is 0 Å². The monoisotopic (exact) mass is 210 g/mol. The lowest BCUT2D eigenvalue weighted by Gasteiger charge is -2.22. The molecular weight excluding hydrogens is 206 g/mol. The SMILES string of the molecule is CC(O)(F)C(F)(Cl)S(=O)(=O)O. The van der Waals surface area contributed by atoms with Crippen molar-refractivity contribution in [2.45, 2.75) is 17.2 Å². The van der Waals surface area contributed by atoms with Crippen LogP contribution in [-0.2, 0) is 10.1 Å². The van der Waals surface area contributed by atoms with Crippen LogP contribution in [0.1, 0.15) is 6.92 Å². The van der Waals surface area contributed by atoms with Gasteiger partial charge in [0.1, 0.15) is 0 Å². The third kappa shape index (κ3) is 1.98. The Hall–Kier alpha value is 0.0200. The van der Waals surface area contributed by atoms with Gasteiger partial charge in [0.2, 0.25) is 0 Å². The number of hydrogen-bond donors (Lipinski definition) is 2. The molecule has 2 atom stereocenters. The highest BCUT2D eigenvalue weighted by Gasteiger charge is 2.58. The lowest BCUT2D eigenvalue weighted by atomic mass is 10.4. The lowest BCUT2D eigenvalue weighted by molar-refractivity contribution is -0.118. The number of hydrogen-bond acceptors (Lipinski definition) is 3. The van der Waals surface area contributed by atoms with Gasteiger partial charge in [-0.2, -0.15) is 12.8 Å². The van der Waals surface area contributed by atoms with Gasteiger partial charge in [-0.3, -0.25) is 4.55 Å². The van der Waals surface area contributed by atoms with E-state index in [0.29, 0.717) is 0 Å². The molecule has 0 aliphatic rings. The Kier molecular flexibility index (Phi) is 2.52. The minimum Gasteiger partial charge on any atom is -0.358 e. The summed E-state index contributed by atoms with van der Waals surface area (Å²) in [7, 11) is -5.49. The first-order chi connectivity index (χ1) is 4.50. The van der Waals surface area contributed by atoms with E-state index in [0.717, 1.165) is 0 Å². The van der Waals surface area contributed by atoms with Gasteiger partial charge in [0, 0.05) is 6.92 Å². The molecule has 0 heterocycles. The van der Waals surface area contributed by atoms with Crippen molar-refractivity contribution in [3.05, 3.63) is 0 Å². The Labute approximate surface area is 66.5 Å². The third-order valence-electron chi connectivity index (χ3n) is 0.855. The van der Waals surface area contributed by atoms with E-state index in [1.54, 1.807) is 0 Å². The molecule has 0 saturated heterocycles. The highest BCUT2D eigenvalue weighted by Crippen LogP contribution is 2.36. The zero-order valence-corrected chi connectivity index (χ0v) is 6.83. The van der Waals surface area contributed by atoms with Crippen LogP contribution in [0, 0.1) is 0 Å². The van der Waals surface area contributed by atoms with E-state index in [1.807, 2.05) is 0 Å². The van der Waals surface area contributed by atoms with Crippen LogP contribution in [0.15, 0.2) is 0 Å². The maximum absolute atomic E-state index is 12.4. The quantitative estimate of drug-likeness (QED) is 0.512. The Morgan fingerprint density at radius 2 is 1.73 bits per heavy atom. The molecule has 11 heavy (non-hydrogen) atoms. The minimum absolute atomic E-state index is 0.160. The van der Waals surface area contributed by atoms with Crippen LogP contribution in [0.5, 0.6) is 0 Å². The van der Waals surface area contributed by atoms with Crippen molar-refractivity contribution in [3.8, 4) is 0 Å². The summed E-state index contributed by atoms with van der Waals surface area (Å²) in [4.78, 5) is 0. The summed E-state index contributed by atoms with van der Waals surface area (Å²) in [6.07, 6.45) is 0. The summed E-state index contributed by atoms with van der Waals surface area (Å²) in [5, 5.41) is 8.17. The van der Waals surface area contributed by atoms with Gasteiger partial charge >= 0.3 is 14.6 Å².